The van der Waals surface area contributed by atoms with Gasteiger partial charge in [0.15, 0.2) is 0 Å². The third-order valence-corrected chi connectivity index (χ3v) is 5.90. The SMILES string of the molecule is CC(C)S(=O)(=O)NC1(c2ccc(Br)cc2)COCC1O. The number of sulfonamides is 1. The Morgan fingerprint density at radius 2 is 2.00 bits per heavy atom. The number of nitrogens with one attached hydrogen (secondary N) is 1. The van der Waals surface area contributed by atoms with Crippen molar-refractivity contribution in [1.82, 2.24) is 4.72 Å². The summed E-state index contributed by atoms with van der Waals surface area (Å²) in [6.45, 7) is 3.41. The van der Waals surface area contributed by atoms with E-state index in [1.165, 1.54) is 0 Å². The summed E-state index contributed by atoms with van der Waals surface area (Å²) < 4.78 is 33.2. The zero-order chi connectivity index (χ0) is 15.0. The smallest absolute Gasteiger partial charge is 0.214 e. The van der Waals surface area contributed by atoms with E-state index in [9.17, 15) is 13.5 Å². The first kappa shape index (κ1) is 15.9. The molecule has 0 aliphatic carbocycles. The van der Waals surface area contributed by atoms with Crippen molar-refractivity contribution in [1.29, 1.82) is 0 Å². The van der Waals surface area contributed by atoms with Gasteiger partial charge in [-0.15, -0.1) is 0 Å². The summed E-state index contributed by atoms with van der Waals surface area (Å²) in [5.74, 6) is 0. The van der Waals surface area contributed by atoms with Gasteiger partial charge in [0.1, 0.15) is 11.6 Å². The van der Waals surface area contributed by atoms with Crippen molar-refractivity contribution in [3.63, 3.8) is 0 Å². The third kappa shape index (κ3) is 2.92. The molecule has 1 aliphatic rings. The van der Waals surface area contributed by atoms with Crippen molar-refractivity contribution in [2.24, 2.45) is 0 Å². The minimum absolute atomic E-state index is 0.108. The van der Waals surface area contributed by atoms with Crippen LogP contribution in [0.25, 0.3) is 0 Å². The molecule has 112 valence electrons. The van der Waals surface area contributed by atoms with Gasteiger partial charge in [0.25, 0.3) is 0 Å². The van der Waals surface area contributed by atoms with Crippen molar-refractivity contribution >= 4 is 26.0 Å². The molecule has 0 spiro atoms. The molecule has 0 aromatic heterocycles. The minimum atomic E-state index is -3.53. The van der Waals surface area contributed by atoms with Gasteiger partial charge in [-0.05, 0) is 31.5 Å². The van der Waals surface area contributed by atoms with E-state index in [1.807, 2.05) is 12.1 Å². The molecular weight excluding hydrogens is 346 g/mol. The van der Waals surface area contributed by atoms with E-state index in [-0.39, 0.29) is 13.2 Å². The summed E-state index contributed by atoms with van der Waals surface area (Å²) in [6.07, 6.45) is -0.919. The summed E-state index contributed by atoms with van der Waals surface area (Å²) in [5, 5.41) is 9.66. The van der Waals surface area contributed by atoms with Crippen LogP contribution in [0.4, 0.5) is 0 Å². The highest BCUT2D eigenvalue weighted by atomic mass is 79.9. The van der Waals surface area contributed by atoms with Crippen LogP contribution in [0.5, 0.6) is 0 Å². The second kappa shape index (κ2) is 5.73. The summed E-state index contributed by atoms with van der Waals surface area (Å²) in [5.41, 5.74) is -0.431. The lowest BCUT2D eigenvalue weighted by atomic mass is 9.88. The van der Waals surface area contributed by atoms with Crippen LogP contribution in [0.15, 0.2) is 28.7 Å². The molecule has 1 saturated heterocycles. The molecule has 1 aromatic carbocycles. The van der Waals surface area contributed by atoms with Crippen LogP contribution < -0.4 is 4.72 Å². The molecule has 0 saturated carbocycles. The average molecular weight is 364 g/mol. The Morgan fingerprint density at radius 3 is 2.45 bits per heavy atom. The highest BCUT2D eigenvalue weighted by molar-refractivity contribution is 9.10. The normalized spacial score (nSPS) is 27.1. The number of aliphatic hydroxyl groups is 1. The van der Waals surface area contributed by atoms with Crippen LogP contribution in [0.1, 0.15) is 19.4 Å². The maximum absolute atomic E-state index is 12.2. The van der Waals surface area contributed by atoms with Gasteiger partial charge in [-0.2, -0.15) is 4.72 Å². The van der Waals surface area contributed by atoms with E-state index in [2.05, 4.69) is 20.7 Å². The topological polar surface area (TPSA) is 75.6 Å². The van der Waals surface area contributed by atoms with Crippen molar-refractivity contribution < 1.29 is 18.3 Å². The Bertz CT molecular complexity index is 573. The fourth-order valence-electron chi connectivity index (χ4n) is 2.12. The molecular formula is C13H18BrNO4S. The predicted molar refractivity (Wildman–Crippen MR) is 79.8 cm³/mol. The summed E-state index contributed by atoms with van der Waals surface area (Å²) in [6, 6.07) is 7.19. The Labute approximate surface area is 127 Å². The van der Waals surface area contributed by atoms with E-state index < -0.39 is 26.9 Å². The van der Waals surface area contributed by atoms with Gasteiger partial charge in [0.2, 0.25) is 10.0 Å². The summed E-state index contributed by atoms with van der Waals surface area (Å²) in [7, 11) is -3.53. The molecule has 0 amide bonds. The van der Waals surface area contributed by atoms with Crippen LogP contribution in [0.2, 0.25) is 0 Å². The first-order valence-electron chi connectivity index (χ1n) is 6.32. The Morgan fingerprint density at radius 1 is 1.40 bits per heavy atom. The highest BCUT2D eigenvalue weighted by Crippen LogP contribution is 2.33. The van der Waals surface area contributed by atoms with E-state index in [1.54, 1.807) is 26.0 Å². The van der Waals surface area contributed by atoms with E-state index in [4.69, 9.17) is 4.74 Å². The van der Waals surface area contributed by atoms with Gasteiger partial charge in [0.05, 0.1) is 18.5 Å². The van der Waals surface area contributed by atoms with Gasteiger partial charge in [-0.25, -0.2) is 8.42 Å². The lowest BCUT2D eigenvalue weighted by Gasteiger charge is -2.33. The summed E-state index contributed by atoms with van der Waals surface area (Å²) in [4.78, 5) is 0. The number of hydrogen-bond donors (Lipinski definition) is 2. The third-order valence-electron chi connectivity index (χ3n) is 3.48. The average Bonchev–Trinajstić information content (AvgIpc) is 2.72. The first-order chi connectivity index (χ1) is 9.28. The molecule has 1 aliphatic heterocycles. The van der Waals surface area contributed by atoms with Gasteiger partial charge in [-0.3, -0.25) is 0 Å². The molecule has 7 heteroatoms. The zero-order valence-electron chi connectivity index (χ0n) is 11.3. The number of halogens is 1. The van der Waals surface area contributed by atoms with Crippen molar-refractivity contribution in [2.75, 3.05) is 13.2 Å². The zero-order valence-corrected chi connectivity index (χ0v) is 13.7. The van der Waals surface area contributed by atoms with Crippen LogP contribution >= 0.6 is 15.9 Å². The Balaban J connectivity index is 2.44. The minimum Gasteiger partial charge on any atom is -0.388 e. The molecule has 1 heterocycles. The maximum atomic E-state index is 12.2. The van der Waals surface area contributed by atoms with Gasteiger partial charge in [-0.1, -0.05) is 28.1 Å². The lowest BCUT2D eigenvalue weighted by Crippen LogP contribution is -2.55. The van der Waals surface area contributed by atoms with Crippen LogP contribution in [0, 0.1) is 0 Å². The van der Waals surface area contributed by atoms with Crippen LogP contribution in [0.3, 0.4) is 0 Å². The molecule has 2 N–H and O–H groups in total. The molecule has 1 fully saturated rings. The largest absolute Gasteiger partial charge is 0.388 e. The Kier molecular flexibility index (Phi) is 4.56. The lowest BCUT2D eigenvalue weighted by molar-refractivity contribution is 0.105. The fraction of sp³-hybridized carbons (Fsp3) is 0.538. The molecule has 2 rings (SSSR count). The van der Waals surface area contributed by atoms with Crippen LogP contribution in [-0.4, -0.2) is 38.1 Å². The van der Waals surface area contributed by atoms with Crippen molar-refractivity contribution in [2.45, 2.75) is 30.7 Å². The highest BCUT2D eigenvalue weighted by Gasteiger charge is 2.48. The molecule has 1 aromatic rings. The quantitative estimate of drug-likeness (QED) is 0.846. The molecule has 20 heavy (non-hydrogen) atoms. The first-order valence-corrected chi connectivity index (χ1v) is 8.66. The Hall–Kier alpha value is -0.470. The van der Waals surface area contributed by atoms with E-state index in [0.717, 1.165) is 4.47 Å². The number of rotatable bonds is 4. The van der Waals surface area contributed by atoms with Gasteiger partial charge in [0, 0.05) is 4.47 Å². The van der Waals surface area contributed by atoms with E-state index in [0.29, 0.717) is 5.56 Å². The second-order valence-corrected chi connectivity index (χ2v) is 8.36. The summed E-state index contributed by atoms with van der Waals surface area (Å²) >= 11 is 3.34. The van der Waals surface area contributed by atoms with Crippen molar-refractivity contribution in [3.8, 4) is 0 Å². The monoisotopic (exact) mass is 363 g/mol. The second-order valence-electron chi connectivity index (χ2n) is 5.20. The molecule has 0 radical (unpaired) electrons. The molecule has 0 bridgehead atoms. The van der Waals surface area contributed by atoms with Gasteiger partial charge >= 0.3 is 0 Å². The number of aliphatic hydroxyl groups excluding tert-OH is 1. The number of ether oxygens (including phenoxy) is 1. The standard InChI is InChI=1S/C13H18BrNO4S/c1-9(2)20(17,18)15-13(8-19-7-12(13)16)10-3-5-11(14)6-4-10/h3-6,9,12,15-16H,7-8H2,1-2H3. The predicted octanol–water partition coefficient (Wildman–Crippen LogP) is 1.36. The van der Waals surface area contributed by atoms with Crippen LogP contribution in [-0.2, 0) is 20.3 Å². The maximum Gasteiger partial charge on any atom is 0.214 e. The molecule has 5 nitrogen and oxygen atoms in total. The number of benzene rings is 1. The molecule has 2 atom stereocenters. The van der Waals surface area contributed by atoms with E-state index >= 15 is 0 Å². The van der Waals surface area contributed by atoms with Crippen molar-refractivity contribution in [3.05, 3.63) is 34.3 Å². The van der Waals surface area contributed by atoms with Gasteiger partial charge < -0.3 is 9.84 Å². The molecule has 2 unspecified atom stereocenters. The fourth-order valence-corrected chi connectivity index (χ4v) is 3.44. The number of hydrogen-bond acceptors (Lipinski definition) is 4.